The van der Waals surface area contributed by atoms with E-state index < -0.39 is 5.25 Å². The average Bonchev–Trinajstić information content (AvgIpc) is 3.27. The Balaban J connectivity index is 1.48. The molecule has 0 radical (unpaired) electrons. The molecule has 0 aliphatic carbocycles. The van der Waals surface area contributed by atoms with Gasteiger partial charge in [-0.1, -0.05) is 30.0 Å². The fourth-order valence-corrected chi connectivity index (χ4v) is 4.36. The number of carbonyl (C=O) groups is 1. The minimum absolute atomic E-state index is 0.109. The summed E-state index contributed by atoms with van der Waals surface area (Å²) in [7, 11) is 1.63. The van der Waals surface area contributed by atoms with Gasteiger partial charge in [-0.05, 0) is 43.2 Å². The lowest BCUT2D eigenvalue weighted by atomic mass is 10.2. The molecule has 1 atom stereocenters. The van der Waals surface area contributed by atoms with Crippen molar-refractivity contribution in [1.82, 2.24) is 14.9 Å². The Hall–Kier alpha value is -3.04. The van der Waals surface area contributed by atoms with Crippen molar-refractivity contribution in [3.63, 3.8) is 0 Å². The van der Waals surface area contributed by atoms with Gasteiger partial charge in [0.25, 0.3) is 5.56 Å². The SMILES string of the molecule is COCCCn1c(S[C@@H](C)C(=O)NCc2ccc3c(c2)OCO3)nc2ccccc2c1=O. The fraction of sp³-hybridized carbons (Fsp3) is 0.348. The smallest absolute Gasteiger partial charge is 0.262 e. The summed E-state index contributed by atoms with van der Waals surface area (Å²) in [6.07, 6.45) is 0.675. The van der Waals surface area contributed by atoms with Gasteiger partial charge >= 0.3 is 0 Å². The number of fused-ring (bicyclic) bond motifs is 2. The van der Waals surface area contributed by atoms with Crippen LogP contribution in [0.4, 0.5) is 0 Å². The van der Waals surface area contributed by atoms with E-state index in [9.17, 15) is 9.59 Å². The van der Waals surface area contributed by atoms with Crippen LogP contribution in [0.5, 0.6) is 11.5 Å². The third-order valence-corrected chi connectivity index (χ3v) is 6.20. The van der Waals surface area contributed by atoms with Crippen LogP contribution >= 0.6 is 11.8 Å². The molecule has 1 amide bonds. The molecule has 0 saturated heterocycles. The van der Waals surface area contributed by atoms with Crippen molar-refractivity contribution in [1.29, 1.82) is 0 Å². The van der Waals surface area contributed by atoms with Gasteiger partial charge in [-0.15, -0.1) is 0 Å². The van der Waals surface area contributed by atoms with E-state index >= 15 is 0 Å². The van der Waals surface area contributed by atoms with Crippen LogP contribution in [-0.4, -0.2) is 41.2 Å². The van der Waals surface area contributed by atoms with Gasteiger partial charge in [-0.2, -0.15) is 0 Å². The highest BCUT2D eigenvalue weighted by molar-refractivity contribution is 8.00. The first-order valence-electron chi connectivity index (χ1n) is 10.4. The summed E-state index contributed by atoms with van der Waals surface area (Å²) in [6.45, 7) is 3.39. The molecule has 4 rings (SSSR count). The number of benzene rings is 2. The molecule has 0 unspecified atom stereocenters. The minimum atomic E-state index is -0.439. The Morgan fingerprint density at radius 2 is 2.06 bits per heavy atom. The first-order valence-corrected chi connectivity index (χ1v) is 11.3. The number of methoxy groups -OCH3 is 1. The fourth-order valence-electron chi connectivity index (χ4n) is 3.40. The van der Waals surface area contributed by atoms with Gasteiger partial charge in [0.1, 0.15) is 0 Å². The number of rotatable bonds is 9. The quantitative estimate of drug-likeness (QED) is 0.301. The first kappa shape index (κ1) is 22.2. The van der Waals surface area contributed by atoms with Gasteiger partial charge in [0.15, 0.2) is 16.7 Å². The number of aromatic nitrogens is 2. The molecule has 8 nitrogen and oxygen atoms in total. The minimum Gasteiger partial charge on any atom is -0.454 e. The molecule has 1 N–H and O–H groups in total. The van der Waals surface area contributed by atoms with Crippen molar-refractivity contribution in [3.8, 4) is 11.5 Å². The molecule has 168 valence electrons. The number of hydrogen-bond acceptors (Lipinski definition) is 7. The second-order valence-corrected chi connectivity index (χ2v) is 8.69. The monoisotopic (exact) mass is 455 g/mol. The van der Waals surface area contributed by atoms with Crippen LogP contribution < -0.4 is 20.3 Å². The van der Waals surface area contributed by atoms with Crippen molar-refractivity contribution >= 4 is 28.6 Å². The highest BCUT2D eigenvalue weighted by Crippen LogP contribution is 2.32. The Kier molecular flexibility index (Phi) is 6.96. The predicted molar refractivity (Wildman–Crippen MR) is 122 cm³/mol. The van der Waals surface area contributed by atoms with Crippen LogP contribution in [-0.2, 0) is 22.6 Å². The molecule has 3 aromatic rings. The average molecular weight is 456 g/mol. The van der Waals surface area contributed by atoms with E-state index in [0.29, 0.717) is 53.7 Å². The molecule has 0 bridgehead atoms. The third-order valence-electron chi connectivity index (χ3n) is 5.11. The molecule has 1 aliphatic heterocycles. The van der Waals surface area contributed by atoms with E-state index in [4.69, 9.17) is 14.2 Å². The van der Waals surface area contributed by atoms with E-state index in [2.05, 4.69) is 10.3 Å². The lowest BCUT2D eigenvalue weighted by Gasteiger charge is -2.16. The van der Waals surface area contributed by atoms with Crippen LogP contribution in [0.3, 0.4) is 0 Å². The van der Waals surface area contributed by atoms with Gasteiger partial charge in [-0.3, -0.25) is 14.2 Å². The summed E-state index contributed by atoms with van der Waals surface area (Å²) in [4.78, 5) is 30.5. The summed E-state index contributed by atoms with van der Waals surface area (Å²) in [5.74, 6) is 1.25. The largest absolute Gasteiger partial charge is 0.454 e. The Morgan fingerprint density at radius 1 is 1.25 bits per heavy atom. The molecular weight excluding hydrogens is 430 g/mol. The predicted octanol–water partition coefficient (Wildman–Crippen LogP) is 2.96. The number of para-hydroxylation sites is 1. The van der Waals surface area contributed by atoms with Gasteiger partial charge in [-0.25, -0.2) is 4.98 Å². The molecular formula is C23H25N3O5S. The molecule has 32 heavy (non-hydrogen) atoms. The first-order chi connectivity index (χ1) is 15.6. The number of hydrogen-bond donors (Lipinski definition) is 1. The van der Waals surface area contributed by atoms with Crippen LogP contribution in [0.2, 0.25) is 0 Å². The summed E-state index contributed by atoms with van der Waals surface area (Å²) < 4.78 is 17.5. The number of carbonyl (C=O) groups excluding carboxylic acids is 1. The maximum absolute atomic E-state index is 13.0. The lowest BCUT2D eigenvalue weighted by Crippen LogP contribution is -2.31. The van der Waals surface area contributed by atoms with E-state index in [1.54, 1.807) is 24.7 Å². The zero-order valence-electron chi connectivity index (χ0n) is 18.0. The molecule has 9 heteroatoms. The Bertz CT molecular complexity index is 1180. The molecule has 0 spiro atoms. The number of amides is 1. The zero-order chi connectivity index (χ0) is 22.5. The van der Waals surface area contributed by atoms with Gasteiger partial charge in [0.2, 0.25) is 12.7 Å². The Labute approximate surface area is 189 Å². The van der Waals surface area contributed by atoms with Crippen molar-refractivity contribution in [2.75, 3.05) is 20.5 Å². The van der Waals surface area contributed by atoms with E-state index in [0.717, 1.165) is 5.56 Å². The molecule has 0 fully saturated rings. The third kappa shape index (κ3) is 4.89. The van der Waals surface area contributed by atoms with Gasteiger partial charge in [0.05, 0.1) is 16.2 Å². The highest BCUT2D eigenvalue weighted by atomic mass is 32.2. The normalized spacial score (nSPS) is 13.3. The maximum Gasteiger partial charge on any atom is 0.262 e. The Morgan fingerprint density at radius 3 is 2.91 bits per heavy atom. The van der Waals surface area contributed by atoms with Crippen LogP contribution in [0, 0.1) is 0 Å². The van der Waals surface area contributed by atoms with Gasteiger partial charge < -0.3 is 19.5 Å². The summed E-state index contributed by atoms with van der Waals surface area (Å²) in [6, 6.07) is 12.8. The molecule has 0 saturated carbocycles. The van der Waals surface area contributed by atoms with Crippen molar-refractivity contribution in [2.45, 2.75) is 36.8 Å². The summed E-state index contributed by atoms with van der Waals surface area (Å²) in [5.41, 5.74) is 1.43. The summed E-state index contributed by atoms with van der Waals surface area (Å²) >= 11 is 1.27. The van der Waals surface area contributed by atoms with Crippen molar-refractivity contribution < 1.29 is 19.0 Å². The topological polar surface area (TPSA) is 91.7 Å². The standard InChI is InChI=1S/C23H25N3O5S/c1-15(21(27)24-13-16-8-9-19-20(12-16)31-14-30-19)32-23-25-18-7-4-3-6-17(18)22(28)26(23)10-5-11-29-2/h3-4,6-9,12,15H,5,10-11,13-14H2,1-2H3,(H,24,27)/t15-/m0/s1. The summed E-state index contributed by atoms with van der Waals surface area (Å²) in [5, 5.41) is 3.59. The zero-order valence-corrected chi connectivity index (χ0v) is 18.8. The molecule has 1 aliphatic rings. The number of thioether (sulfide) groups is 1. The van der Waals surface area contributed by atoms with Crippen molar-refractivity contribution in [2.24, 2.45) is 0 Å². The lowest BCUT2D eigenvalue weighted by molar-refractivity contribution is -0.120. The van der Waals surface area contributed by atoms with Crippen molar-refractivity contribution in [3.05, 3.63) is 58.4 Å². The van der Waals surface area contributed by atoms with Gasteiger partial charge in [0, 0.05) is 26.8 Å². The molecule has 1 aromatic heterocycles. The van der Waals surface area contributed by atoms with Crippen LogP contribution in [0.1, 0.15) is 18.9 Å². The number of ether oxygens (including phenoxy) is 3. The maximum atomic E-state index is 13.0. The number of nitrogens with one attached hydrogen (secondary N) is 1. The molecule has 2 aromatic carbocycles. The second-order valence-electron chi connectivity index (χ2n) is 7.38. The highest BCUT2D eigenvalue weighted by Gasteiger charge is 2.20. The second kappa shape index (κ2) is 10.1. The van der Waals surface area contributed by atoms with Crippen LogP contribution in [0.15, 0.2) is 52.4 Å². The van der Waals surface area contributed by atoms with E-state index in [1.807, 2.05) is 36.4 Å². The molecule has 2 heterocycles. The van der Waals surface area contributed by atoms with Crippen LogP contribution in [0.25, 0.3) is 10.9 Å². The van der Waals surface area contributed by atoms with E-state index in [1.165, 1.54) is 11.8 Å². The van der Waals surface area contributed by atoms with E-state index in [-0.39, 0.29) is 18.3 Å². The number of nitrogens with zero attached hydrogens (tertiary/aromatic N) is 2.